The fourth-order valence-electron chi connectivity index (χ4n) is 2.30. The number of carbonyl (C=O) groups excluding carboxylic acids is 1. The number of hydrogen-bond donors (Lipinski definition) is 1. The summed E-state index contributed by atoms with van der Waals surface area (Å²) in [5.41, 5.74) is 0.149. The summed E-state index contributed by atoms with van der Waals surface area (Å²) < 4.78 is 23.4. The van der Waals surface area contributed by atoms with E-state index in [-0.39, 0.29) is 32.5 Å². The van der Waals surface area contributed by atoms with Gasteiger partial charge in [0.2, 0.25) is 0 Å². The van der Waals surface area contributed by atoms with Crippen LogP contribution in [0.3, 0.4) is 0 Å². The molecular weight excluding hydrogens is 335 g/mol. The number of likely N-dealkylation sites (N-methyl/N-ethyl adjacent to an activating group) is 1. The smallest absolute Gasteiger partial charge is 0.255 e. The molecule has 1 saturated heterocycles. The van der Waals surface area contributed by atoms with Gasteiger partial charge in [-0.1, -0.05) is 23.2 Å². The number of sulfone groups is 1. The second-order valence-electron chi connectivity index (χ2n) is 5.10. The maximum atomic E-state index is 12.5. The van der Waals surface area contributed by atoms with Gasteiger partial charge >= 0.3 is 0 Å². The quantitative estimate of drug-likeness (QED) is 0.902. The highest BCUT2D eigenvalue weighted by Crippen LogP contribution is 2.29. The molecule has 2 rings (SSSR count). The Morgan fingerprint density at radius 1 is 1.33 bits per heavy atom. The molecular formula is C13H16Cl2N2O3S. The van der Waals surface area contributed by atoms with E-state index in [1.54, 1.807) is 11.9 Å². The van der Waals surface area contributed by atoms with Crippen LogP contribution in [0.5, 0.6) is 0 Å². The Morgan fingerprint density at radius 3 is 2.52 bits per heavy atom. The van der Waals surface area contributed by atoms with Crippen molar-refractivity contribution in [2.45, 2.75) is 17.4 Å². The SMILES string of the molecule is CN(C(=O)c1cc(S(C)(=O)=O)c(Cl)cc1Cl)[C@@H]1CCNC1. The molecule has 8 heteroatoms. The van der Waals surface area contributed by atoms with Gasteiger partial charge in [-0.25, -0.2) is 8.42 Å². The van der Waals surface area contributed by atoms with Crippen LogP contribution in [0.2, 0.25) is 10.0 Å². The zero-order chi connectivity index (χ0) is 15.8. The van der Waals surface area contributed by atoms with E-state index < -0.39 is 9.84 Å². The average molecular weight is 351 g/mol. The molecule has 1 amide bonds. The first kappa shape index (κ1) is 16.5. The summed E-state index contributed by atoms with van der Waals surface area (Å²) in [7, 11) is -1.84. The predicted octanol–water partition coefficient (Wildman–Crippen LogP) is 1.83. The van der Waals surface area contributed by atoms with Crippen LogP contribution in [0.15, 0.2) is 17.0 Å². The monoisotopic (exact) mass is 350 g/mol. The number of halogens is 2. The van der Waals surface area contributed by atoms with Crippen molar-refractivity contribution >= 4 is 38.9 Å². The first-order chi connectivity index (χ1) is 9.71. The molecule has 1 N–H and O–H groups in total. The molecule has 1 aliphatic heterocycles. The van der Waals surface area contributed by atoms with Gasteiger partial charge in [-0.15, -0.1) is 0 Å². The van der Waals surface area contributed by atoms with Crippen LogP contribution >= 0.6 is 23.2 Å². The van der Waals surface area contributed by atoms with E-state index in [0.29, 0.717) is 6.54 Å². The predicted molar refractivity (Wildman–Crippen MR) is 82.9 cm³/mol. The minimum atomic E-state index is -3.52. The Balaban J connectivity index is 2.41. The van der Waals surface area contributed by atoms with Gasteiger partial charge in [0.25, 0.3) is 5.91 Å². The molecule has 1 aliphatic rings. The number of nitrogens with one attached hydrogen (secondary N) is 1. The summed E-state index contributed by atoms with van der Waals surface area (Å²) in [6, 6.07) is 2.63. The van der Waals surface area contributed by atoms with Crippen molar-refractivity contribution in [3.05, 3.63) is 27.7 Å². The molecule has 0 radical (unpaired) electrons. The zero-order valence-corrected chi connectivity index (χ0v) is 14.0. The van der Waals surface area contributed by atoms with Gasteiger partial charge in [0.15, 0.2) is 9.84 Å². The molecule has 0 saturated carbocycles. The third kappa shape index (κ3) is 3.51. The van der Waals surface area contributed by atoms with E-state index in [9.17, 15) is 13.2 Å². The number of nitrogens with zero attached hydrogens (tertiary/aromatic N) is 1. The Kier molecular flexibility index (Phi) is 4.82. The number of amides is 1. The third-order valence-electron chi connectivity index (χ3n) is 3.55. The first-order valence-electron chi connectivity index (χ1n) is 6.39. The number of rotatable bonds is 3. The fraction of sp³-hybridized carbons (Fsp3) is 0.462. The van der Waals surface area contributed by atoms with Crippen molar-refractivity contribution in [3.8, 4) is 0 Å². The van der Waals surface area contributed by atoms with E-state index in [1.807, 2.05) is 0 Å². The number of carbonyl (C=O) groups is 1. The largest absolute Gasteiger partial charge is 0.337 e. The summed E-state index contributed by atoms with van der Waals surface area (Å²) >= 11 is 12.0. The molecule has 0 aliphatic carbocycles. The summed E-state index contributed by atoms with van der Waals surface area (Å²) in [5.74, 6) is -0.310. The average Bonchev–Trinajstić information content (AvgIpc) is 2.89. The fourth-order valence-corrected chi connectivity index (χ4v) is 3.93. The van der Waals surface area contributed by atoms with Gasteiger partial charge in [0, 0.05) is 25.9 Å². The topological polar surface area (TPSA) is 66.5 Å². The summed E-state index contributed by atoms with van der Waals surface area (Å²) in [5, 5.41) is 3.34. The Labute approximate surface area is 134 Å². The molecule has 116 valence electrons. The second-order valence-corrected chi connectivity index (χ2v) is 7.90. The molecule has 0 aromatic heterocycles. The van der Waals surface area contributed by atoms with Crippen LogP contribution in [0.1, 0.15) is 16.8 Å². The molecule has 1 aromatic carbocycles. The number of hydrogen-bond acceptors (Lipinski definition) is 4. The van der Waals surface area contributed by atoms with E-state index in [2.05, 4.69) is 5.32 Å². The first-order valence-corrected chi connectivity index (χ1v) is 9.03. The molecule has 0 unspecified atom stereocenters. The molecule has 0 bridgehead atoms. The number of benzene rings is 1. The zero-order valence-electron chi connectivity index (χ0n) is 11.7. The Bertz CT molecular complexity index is 670. The van der Waals surface area contributed by atoms with Crippen molar-refractivity contribution in [2.24, 2.45) is 0 Å². The molecule has 0 spiro atoms. The molecule has 5 nitrogen and oxygen atoms in total. The van der Waals surface area contributed by atoms with E-state index >= 15 is 0 Å². The molecule has 1 heterocycles. The van der Waals surface area contributed by atoms with Crippen LogP contribution in [0, 0.1) is 0 Å². The highest BCUT2D eigenvalue weighted by Gasteiger charge is 2.27. The lowest BCUT2D eigenvalue weighted by molar-refractivity contribution is 0.0743. The van der Waals surface area contributed by atoms with Crippen LogP contribution in [0.25, 0.3) is 0 Å². The second kappa shape index (κ2) is 6.12. The molecule has 1 fully saturated rings. The molecule has 1 atom stereocenters. The van der Waals surface area contributed by atoms with Gasteiger partial charge in [0.1, 0.15) is 0 Å². The van der Waals surface area contributed by atoms with Gasteiger partial charge < -0.3 is 10.2 Å². The maximum Gasteiger partial charge on any atom is 0.255 e. The highest BCUT2D eigenvalue weighted by atomic mass is 35.5. The normalized spacial score (nSPS) is 18.8. The minimum Gasteiger partial charge on any atom is -0.337 e. The van der Waals surface area contributed by atoms with Crippen LogP contribution in [-0.2, 0) is 9.84 Å². The van der Waals surface area contributed by atoms with Gasteiger partial charge in [-0.3, -0.25) is 4.79 Å². The summed E-state index contributed by atoms with van der Waals surface area (Å²) in [4.78, 5) is 14.0. The molecule has 1 aromatic rings. The standard InChI is InChI=1S/C13H16Cl2N2O3S/c1-17(8-3-4-16-7-8)13(18)9-5-12(21(2,19)20)11(15)6-10(9)14/h5-6,8,16H,3-4,7H2,1-2H3/t8-/m1/s1. The van der Waals surface area contributed by atoms with E-state index in [1.165, 1.54) is 12.1 Å². The lowest BCUT2D eigenvalue weighted by Gasteiger charge is -2.24. The Morgan fingerprint density at radius 2 is 2.00 bits per heavy atom. The molecule has 21 heavy (non-hydrogen) atoms. The Hall–Kier alpha value is -0.820. The van der Waals surface area contributed by atoms with Crippen molar-refractivity contribution in [1.82, 2.24) is 10.2 Å². The van der Waals surface area contributed by atoms with Gasteiger partial charge in [-0.2, -0.15) is 0 Å². The maximum absolute atomic E-state index is 12.5. The van der Waals surface area contributed by atoms with Gasteiger partial charge in [0.05, 0.1) is 20.5 Å². The van der Waals surface area contributed by atoms with Crippen LogP contribution < -0.4 is 5.32 Å². The highest BCUT2D eigenvalue weighted by molar-refractivity contribution is 7.90. The van der Waals surface area contributed by atoms with Crippen molar-refractivity contribution in [1.29, 1.82) is 0 Å². The lowest BCUT2D eigenvalue weighted by atomic mass is 10.1. The summed E-state index contributed by atoms with van der Waals surface area (Å²) in [6.07, 6.45) is 1.90. The van der Waals surface area contributed by atoms with Crippen molar-refractivity contribution in [2.75, 3.05) is 26.4 Å². The van der Waals surface area contributed by atoms with E-state index in [0.717, 1.165) is 19.2 Å². The lowest BCUT2D eigenvalue weighted by Crippen LogP contribution is -2.38. The third-order valence-corrected chi connectivity index (χ3v) is 5.43. The minimum absolute atomic E-state index is 0.0178. The van der Waals surface area contributed by atoms with Gasteiger partial charge in [-0.05, 0) is 25.1 Å². The summed E-state index contributed by atoms with van der Waals surface area (Å²) in [6.45, 7) is 1.57. The van der Waals surface area contributed by atoms with Crippen molar-refractivity contribution < 1.29 is 13.2 Å². The van der Waals surface area contributed by atoms with Crippen molar-refractivity contribution in [3.63, 3.8) is 0 Å². The van der Waals surface area contributed by atoms with E-state index in [4.69, 9.17) is 23.2 Å². The van der Waals surface area contributed by atoms with Crippen LogP contribution in [-0.4, -0.2) is 51.7 Å². The van der Waals surface area contributed by atoms with Crippen LogP contribution in [0.4, 0.5) is 0 Å².